The predicted octanol–water partition coefficient (Wildman–Crippen LogP) is 0.863. The summed E-state index contributed by atoms with van der Waals surface area (Å²) >= 11 is 1.71. The molecule has 1 rings (SSSR count). The second kappa shape index (κ2) is 5.57. The number of piperazine rings is 1. The van der Waals surface area contributed by atoms with Crippen LogP contribution >= 0.6 is 11.8 Å². The Morgan fingerprint density at radius 3 is 2.56 bits per heavy atom. The zero-order valence-electron chi connectivity index (χ0n) is 10.3. The van der Waals surface area contributed by atoms with Gasteiger partial charge in [0.15, 0.2) is 0 Å². The van der Waals surface area contributed by atoms with E-state index in [1.165, 1.54) is 0 Å². The van der Waals surface area contributed by atoms with Crippen LogP contribution in [0.1, 0.15) is 27.2 Å². The van der Waals surface area contributed by atoms with Crippen molar-refractivity contribution in [3.8, 4) is 0 Å². The van der Waals surface area contributed by atoms with Gasteiger partial charge in [-0.3, -0.25) is 9.59 Å². The molecule has 0 saturated carbocycles. The first-order valence-corrected chi connectivity index (χ1v) is 7.03. The summed E-state index contributed by atoms with van der Waals surface area (Å²) in [7, 11) is 0. The van der Waals surface area contributed by atoms with Crippen molar-refractivity contribution in [1.82, 2.24) is 10.2 Å². The fourth-order valence-electron chi connectivity index (χ4n) is 2.02. The van der Waals surface area contributed by atoms with Gasteiger partial charge >= 0.3 is 0 Å². The first-order chi connectivity index (χ1) is 7.52. The summed E-state index contributed by atoms with van der Waals surface area (Å²) in [6.07, 6.45) is 2.90. The first-order valence-electron chi connectivity index (χ1n) is 5.64. The van der Waals surface area contributed by atoms with E-state index in [0.717, 1.165) is 12.2 Å². The van der Waals surface area contributed by atoms with Gasteiger partial charge in [0.1, 0.15) is 12.1 Å². The third-order valence-electron chi connectivity index (χ3n) is 3.00. The summed E-state index contributed by atoms with van der Waals surface area (Å²) in [6, 6.07) is -0.577. The molecule has 1 N–H and O–H groups in total. The van der Waals surface area contributed by atoms with Crippen molar-refractivity contribution in [2.24, 2.45) is 0 Å². The van der Waals surface area contributed by atoms with Crippen molar-refractivity contribution in [3.05, 3.63) is 0 Å². The lowest BCUT2D eigenvalue weighted by Gasteiger charge is -2.41. The average Bonchev–Trinajstić information content (AvgIpc) is 2.25. The number of hydrogen-bond acceptors (Lipinski definition) is 3. The van der Waals surface area contributed by atoms with E-state index in [1.807, 2.05) is 6.26 Å². The van der Waals surface area contributed by atoms with Crippen LogP contribution in [0.4, 0.5) is 0 Å². The van der Waals surface area contributed by atoms with Gasteiger partial charge in [0.05, 0.1) is 0 Å². The van der Waals surface area contributed by atoms with E-state index < -0.39 is 0 Å². The SMILES string of the molecule is CCC(CSC)N1C(=O)C(C)NC(=O)C1C. The molecule has 2 amide bonds. The molecule has 16 heavy (non-hydrogen) atoms. The number of nitrogens with zero attached hydrogens (tertiary/aromatic N) is 1. The van der Waals surface area contributed by atoms with Crippen LogP contribution in [-0.2, 0) is 9.59 Å². The Morgan fingerprint density at radius 2 is 2.06 bits per heavy atom. The summed E-state index contributed by atoms with van der Waals surface area (Å²) < 4.78 is 0. The molecule has 0 aromatic heterocycles. The third kappa shape index (κ3) is 2.51. The van der Waals surface area contributed by atoms with Crippen LogP contribution in [0, 0.1) is 0 Å². The lowest BCUT2D eigenvalue weighted by Crippen LogP contribution is -2.64. The lowest BCUT2D eigenvalue weighted by atomic mass is 10.1. The van der Waals surface area contributed by atoms with Gasteiger partial charge in [-0.1, -0.05) is 6.92 Å². The number of rotatable bonds is 4. The molecule has 3 unspecified atom stereocenters. The minimum absolute atomic E-state index is 0.0352. The zero-order valence-corrected chi connectivity index (χ0v) is 11.1. The standard InChI is InChI=1S/C11H20N2O2S/c1-5-9(6-16-4)13-8(3)10(14)12-7(2)11(13)15/h7-9H,5-6H2,1-4H3,(H,12,14). The minimum atomic E-state index is -0.389. The monoisotopic (exact) mass is 244 g/mol. The molecule has 1 heterocycles. The fraction of sp³-hybridized carbons (Fsp3) is 0.818. The maximum atomic E-state index is 12.1. The molecule has 5 heteroatoms. The summed E-state index contributed by atoms with van der Waals surface area (Å²) in [5, 5.41) is 2.69. The number of amides is 2. The Kier molecular flexibility index (Phi) is 4.65. The Balaban J connectivity index is 2.87. The second-order valence-electron chi connectivity index (χ2n) is 4.17. The molecule has 4 nitrogen and oxygen atoms in total. The molecule has 0 aliphatic carbocycles. The summed E-state index contributed by atoms with van der Waals surface area (Å²) in [4.78, 5) is 25.5. The molecule has 1 saturated heterocycles. The van der Waals surface area contributed by atoms with E-state index in [1.54, 1.807) is 30.5 Å². The van der Waals surface area contributed by atoms with Crippen LogP contribution in [0.2, 0.25) is 0 Å². The molecule has 1 fully saturated rings. The minimum Gasteiger partial charge on any atom is -0.343 e. The molecular weight excluding hydrogens is 224 g/mol. The Labute approximate surface area is 101 Å². The summed E-state index contributed by atoms with van der Waals surface area (Å²) in [5.74, 6) is 0.867. The molecule has 0 aromatic rings. The van der Waals surface area contributed by atoms with Crippen molar-refractivity contribution in [3.63, 3.8) is 0 Å². The van der Waals surface area contributed by atoms with Gasteiger partial charge in [0.25, 0.3) is 0 Å². The Hall–Kier alpha value is -0.710. The lowest BCUT2D eigenvalue weighted by molar-refractivity contribution is -0.150. The van der Waals surface area contributed by atoms with Crippen LogP contribution in [0.15, 0.2) is 0 Å². The molecule has 0 aromatic carbocycles. The normalized spacial score (nSPS) is 27.9. The quantitative estimate of drug-likeness (QED) is 0.798. The van der Waals surface area contributed by atoms with E-state index in [4.69, 9.17) is 0 Å². The van der Waals surface area contributed by atoms with Crippen LogP contribution < -0.4 is 5.32 Å². The van der Waals surface area contributed by atoms with Crippen LogP contribution in [0.25, 0.3) is 0 Å². The highest BCUT2D eigenvalue weighted by molar-refractivity contribution is 7.98. The number of carbonyl (C=O) groups excluding carboxylic acids is 2. The van der Waals surface area contributed by atoms with E-state index in [0.29, 0.717) is 0 Å². The summed E-state index contributed by atoms with van der Waals surface area (Å²) in [6.45, 7) is 5.59. The zero-order chi connectivity index (χ0) is 12.3. The van der Waals surface area contributed by atoms with Gasteiger partial charge in [0, 0.05) is 11.8 Å². The average molecular weight is 244 g/mol. The van der Waals surface area contributed by atoms with Gasteiger partial charge < -0.3 is 10.2 Å². The molecule has 3 atom stereocenters. The maximum absolute atomic E-state index is 12.1. The first kappa shape index (κ1) is 13.4. The van der Waals surface area contributed by atoms with Crippen molar-refractivity contribution in [1.29, 1.82) is 0 Å². The second-order valence-corrected chi connectivity index (χ2v) is 5.08. The molecule has 0 spiro atoms. The van der Waals surface area contributed by atoms with E-state index >= 15 is 0 Å². The van der Waals surface area contributed by atoms with Gasteiger partial charge in [0.2, 0.25) is 11.8 Å². The van der Waals surface area contributed by atoms with E-state index in [2.05, 4.69) is 12.2 Å². The van der Waals surface area contributed by atoms with E-state index in [9.17, 15) is 9.59 Å². The van der Waals surface area contributed by atoms with Crippen LogP contribution in [0.3, 0.4) is 0 Å². The van der Waals surface area contributed by atoms with Gasteiger partial charge in [-0.05, 0) is 26.5 Å². The Bertz CT molecular complexity index is 283. The Morgan fingerprint density at radius 1 is 1.44 bits per heavy atom. The molecule has 0 bridgehead atoms. The largest absolute Gasteiger partial charge is 0.343 e. The van der Waals surface area contributed by atoms with Crippen LogP contribution in [-0.4, -0.2) is 46.8 Å². The van der Waals surface area contributed by atoms with Crippen molar-refractivity contribution in [2.45, 2.75) is 45.3 Å². The van der Waals surface area contributed by atoms with Crippen molar-refractivity contribution >= 4 is 23.6 Å². The van der Waals surface area contributed by atoms with Gasteiger partial charge in [-0.25, -0.2) is 0 Å². The molecule has 1 aliphatic heterocycles. The number of thioether (sulfide) groups is 1. The summed E-state index contributed by atoms with van der Waals surface area (Å²) in [5.41, 5.74) is 0. The highest BCUT2D eigenvalue weighted by Gasteiger charge is 2.38. The van der Waals surface area contributed by atoms with E-state index in [-0.39, 0.29) is 29.9 Å². The van der Waals surface area contributed by atoms with Crippen molar-refractivity contribution < 1.29 is 9.59 Å². The topological polar surface area (TPSA) is 49.4 Å². The maximum Gasteiger partial charge on any atom is 0.245 e. The number of nitrogens with one attached hydrogen (secondary N) is 1. The number of carbonyl (C=O) groups is 2. The highest BCUT2D eigenvalue weighted by atomic mass is 32.2. The molecule has 1 aliphatic rings. The van der Waals surface area contributed by atoms with Gasteiger partial charge in [-0.2, -0.15) is 11.8 Å². The third-order valence-corrected chi connectivity index (χ3v) is 3.72. The number of hydrogen-bond donors (Lipinski definition) is 1. The van der Waals surface area contributed by atoms with Crippen LogP contribution in [0.5, 0.6) is 0 Å². The van der Waals surface area contributed by atoms with Crippen molar-refractivity contribution in [2.75, 3.05) is 12.0 Å². The fourth-order valence-corrected chi connectivity index (χ4v) is 2.80. The smallest absolute Gasteiger partial charge is 0.245 e. The highest BCUT2D eigenvalue weighted by Crippen LogP contribution is 2.18. The van der Waals surface area contributed by atoms with Gasteiger partial charge in [-0.15, -0.1) is 0 Å². The predicted molar refractivity (Wildman–Crippen MR) is 66.4 cm³/mol. The molecular formula is C11H20N2O2S. The molecule has 0 radical (unpaired) electrons. The molecule has 92 valence electrons.